The van der Waals surface area contributed by atoms with Gasteiger partial charge in [0.25, 0.3) is 0 Å². The topological polar surface area (TPSA) is 29.3 Å². The van der Waals surface area contributed by atoms with E-state index in [1.165, 1.54) is 6.07 Å². The van der Waals surface area contributed by atoms with E-state index < -0.39 is 0 Å². The van der Waals surface area contributed by atoms with Gasteiger partial charge in [0, 0.05) is 23.1 Å². The highest BCUT2D eigenvalue weighted by atomic mass is 79.9. The van der Waals surface area contributed by atoms with Crippen LogP contribution in [0.5, 0.6) is 0 Å². The molecule has 1 aromatic rings. The van der Waals surface area contributed by atoms with Crippen LogP contribution in [-0.2, 0) is 6.54 Å². The van der Waals surface area contributed by atoms with E-state index in [-0.39, 0.29) is 18.2 Å². The summed E-state index contributed by atoms with van der Waals surface area (Å²) in [6, 6.07) is 5.11. The van der Waals surface area contributed by atoms with Crippen molar-refractivity contribution in [2.45, 2.75) is 13.0 Å². The number of hydrogen-bond acceptors (Lipinski definition) is 2. The number of likely N-dealkylation sites (tertiary alicyclic amines) is 1. The molecule has 0 aromatic heterocycles. The quantitative estimate of drug-likeness (QED) is 0.927. The molecule has 0 radical (unpaired) electrons. The zero-order valence-corrected chi connectivity index (χ0v) is 11.9. The monoisotopic (exact) mass is 322 g/mol. The lowest BCUT2D eigenvalue weighted by molar-refractivity contribution is 0.312. The minimum Gasteiger partial charge on any atom is -0.330 e. The van der Waals surface area contributed by atoms with Gasteiger partial charge in [-0.05, 0) is 37.6 Å². The Morgan fingerprint density at radius 1 is 1.47 bits per heavy atom. The molecular weight excluding hydrogens is 307 g/mol. The van der Waals surface area contributed by atoms with Crippen molar-refractivity contribution in [1.29, 1.82) is 0 Å². The first-order valence-corrected chi connectivity index (χ1v) is 6.35. The molecule has 2 nitrogen and oxygen atoms in total. The van der Waals surface area contributed by atoms with E-state index >= 15 is 0 Å². The van der Waals surface area contributed by atoms with Gasteiger partial charge in [-0.25, -0.2) is 4.39 Å². The molecular formula is C12H17BrClFN2. The first-order valence-electron chi connectivity index (χ1n) is 5.56. The molecule has 0 saturated carbocycles. The summed E-state index contributed by atoms with van der Waals surface area (Å²) in [6.45, 7) is 3.40. The van der Waals surface area contributed by atoms with Gasteiger partial charge in [0.2, 0.25) is 0 Å². The van der Waals surface area contributed by atoms with Gasteiger partial charge in [-0.3, -0.25) is 4.90 Å². The Morgan fingerprint density at radius 3 is 2.82 bits per heavy atom. The van der Waals surface area contributed by atoms with Crippen molar-refractivity contribution in [2.24, 2.45) is 11.7 Å². The maximum atomic E-state index is 13.6. The Balaban J connectivity index is 0.00000144. The van der Waals surface area contributed by atoms with Gasteiger partial charge in [-0.2, -0.15) is 0 Å². The molecule has 0 bridgehead atoms. The van der Waals surface area contributed by atoms with Crippen LogP contribution in [0.15, 0.2) is 22.7 Å². The molecule has 1 fully saturated rings. The fourth-order valence-corrected chi connectivity index (χ4v) is 2.62. The number of halogens is 3. The smallest absolute Gasteiger partial charge is 0.128 e. The zero-order chi connectivity index (χ0) is 11.5. The van der Waals surface area contributed by atoms with Crippen LogP contribution in [0.4, 0.5) is 4.39 Å². The van der Waals surface area contributed by atoms with Crippen LogP contribution in [0, 0.1) is 11.7 Å². The van der Waals surface area contributed by atoms with Gasteiger partial charge in [0.15, 0.2) is 0 Å². The predicted octanol–water partition coefficient (Wildman–Crippen LogP) is 2.79. The van der Waals surface area contributed by atoms with Crippen molar-refractivity contribution in [3.8, 4) is 0 Å². The lowest BCUT2D eigenvalue weighted by Crippen LogP contribution is -2.23. The van der Waals surface area contributed by atoms with Gasteiger partial charge in [0.1, 0.15) is 5.82 Å². The van der Waals surface area contributed by atoms with E-state index in [1.807, 2.05) is 6.07 Å². The van der Waals surface area contributed by atoms with E-state index in [1.54, 1.807) is 6.07 Å². The Bertz CT molecular complexity index is 355. The molecule has 1 aliphatic rings. The summed E-state index contributed by atoms with van der Waals surface area (Å²) >= 11 is 3.40. The minimum atomic E-state index is -0.134. The van der Waals surface area contributed by atoms with Gasteiger partial charge in [0.05, 0.1) is 0 Å². The van der Waals surface area contributed by atoms with Gasteiger partial charge in [-0.15, -0.1) is 12.4 Å². The van der Waals surface area contributed by atoms with Crippen molar-refractivity contribution in [1.82, 2.24) is 4.90 Å². The van der Waals surface area contributed by atoms with E-state index in [0.717, 1.165) is 36.1 Å². The maximum absolute atomic E-state index is 13.6. The van der Waals surface area contributed by atoms with Crippen LogP contribution in [-0.4, -0.2) is 24.5 Å². The largest absolute Gasteiger partial charge is 0.330 e. The summed E-state index contributed by atoms with van der Waals surface area (Å²) in [4.78, 5) is 2.26. The third-order valence-electron chi connectivity index (χ3n) is 3.15. The van der Waals surface area contributed by atoms with Crippen LogP contribution < -0.4 is 5.73 Å². The number of nitrogens with two attached hydrogens (primary N) is 1. The van der Waals surface area contributed by atoms with Crippen molar-refractivity contribution in [3.63, 3.8) is 0 Å². The van der Waals surface area contributed by atoms with Gasteiger partial charge >= 0.3 is 0 Å². The molecule has 1 atom stereocenters. The second kappa shape index (κ2) is 6.69. The standard InChI is InChI=1S/C12H16BrFN2.ClH/c13-11-2-1-3-12(14)10(11)8-16-5-4-9(6-15)7-16;/h1-3,9H,4-8,15H2;1H. The second-order valence-corrected chi connectivity index (χ2v) is 5.18. The fraction of sp³-hybridized carbons (Fsp3) is 0.500. The molecule has 2 N–H and O–H groups in total. The fourth-order valence-electron chi connectivity index (χ4n) is 2.16. The van der Waals surface area contributed by atoms with Crippen molar-refractivity contribution < 1.29 is 4.39 Å². The molecule has 1 aliphatic heterocycles. The number of nitrogens with zero attached hydrogens (tertiary/aromatic N) is 1. The molecule has 0 aliphatic carbocycles. The lowest BCUT2D eigenvalue weighted by Gasteiger charge is -2.17. The van der Waals surface area contributed by atoms with Crippen LogP contribution >= 0.6 is 28.3 Å². The van der Waals surface area contributed by atoms with Crippen molar-refractivity contribution in [3.05, 3.63) is 34.1 Å². The summed E-state index contributed by atoms with van der Waals surface area (Å²) in [5.41, 5.74) is 6.39. The first-order chi connectivity index (χ1) is 7.70. The van der Waals surface area contributed by atoms with Crippen molar-refractivity contribution >= 4 is 28.3 Å². The van der Waals surface area contributed by atoms with Crippen LogP contribution in [0.3, 0.4) is 0 Å². The number of hydrogen-bond donors (Lipinski definition) is 1. The summed E-state index contributed by atoms with van der Waals surface area (Å²) < 4.78 is 14.5. The molecule has 0 amide bonds. The van der Waals surface area contributed by atoms with Crippen LogP contribution in [0.25, 0.3) is 0 Å². The van der Waals surface area contributed by atoms with Crippen molar-refractivity contribution in [2.75, 3.05) is 19.6 Å². The van der Waals surface area contributed by atoms with E-state index in [4.69, 9.17) is 5.73 Å². The number of benzene rings is 1. The molecule has 1 aromatic carbocycles. The molecule has 1 heterocycles. The normalized spacial score (nSPS) is 20.3. The molecule has 17 heavy (non-hydrogen) atoms. The Kier molecular flexibility index (Phi) is 5.86. The van der Waals surface area contributed by atoms with Crippen LogP contribution in [0.1, 0.15) is 12.0 Å². The molecule has 0 spiro atoms. The molecule has 96 valence electrons. The molecule has 2 rings (SSSR count). The van der Waals surface area contributed by atoms with E-state index in [9.17, 15) is 4.39 Å². The third-order valence-corrected chi connectivity index (χ3v) is 3.89. The van der Waals surface area contributed by atoms with E-state index in [0.29, 0.717) is 12.5 Å². The highest BCUT2D eigenvalue weighted by molar-refractivity contribution is 9.10. The Labute approximate surface area is 116 Å². The Hall–Kier alpha value is -0.160. The summed E-state index contributed by atoms with van der Waals surface area (Å²) in [7, 11) is 0. The maximum Gasteiger partial charge on any atom is 0.128 e. The minimum absolute atomic E-state index is 0. The highest BCUT2D eigenvalue weighted by Crippen LogP contribution is 2.24. The number of rotatable bonds is 3. The molecule has 1 unspecified atom stereocenters. The van der Waals surface area contributed by atoms with Gasteiger partial charge < -0.3 is 5.73 Å². The zero-order valence-electron chi connectivity index (χ0n) is 9.53. The average Bonchev–Trinajstić information content (AvgIpc) is 2.71. The van der Waals surface area contributed by atoms with Crippen LogP contribution in [0.2, 0.25) is 0 Å². The first kappa shape index (κ1) is 14.9. The summed E-state index contributed by atoms with van der Waals surface area (Å²) in [5.74, 6) is 0.441. The third kappa shape index (κ3) is 3.65. The van der Waals surface area contributed by atoms with E-state index in [2.05, 4.69) is 20.8 Å². The summed E-state index contributed by atoms with van der Waals surface area (Å²) in [5, 5.41) is 0. The SMILES string of the molecule is Cl.NCC1CCN(Cc2c(F)cccc2Br)C1. The Morgan fingerprint density at radius 2 is 2.24 bits per heavy atom. The predicted molar refractivity (Wildman–Crippen MR) is 73.8 cm³/mol. The summed E-state index contributed by atoms with van der Waals surface area (Å²) in [6.07, 6.45) is 1.13. The highest BCUT2D eigenvalue weighted by Gasteiger charge is 2.22. The van der Waals surface area contributed by atoms with Gasteiger partial charge in [-0.1, -0.05) is 22.0 Å². The second-order valence-electron chi connectivity index (χ2n) is 4.33. The molecule has 5 heteroatoms. The lowest BCUT2D eigenvalue weighted by atomic mass is 10.1. The molecule has 1 saturated heterocycles. The average molecular weight is 324 g/mol.